The molecule has 0 aliphatic rings. The Morgan fingerprint density at radius 1 is 0.950 bits per heavy atom. The van der Waals surface area contributed by atoms with Gasteiger partial charge in [0.15, 0.2) is 0 Å². The Hall–Kier alpha value is -2.26. The van der Waals surface area contributed by atoms with Gasteiger partial charge in [0.05, 0.1) is 12.7 Å². The maximum absolute atomic E-state index is 5.89. The number of halogens is 1. The van der Waals surface area contributed by atoms with E-state index < -0.39 is 0 Å². The Bertz CT molecular complexity index is 702. The van der Waals surface area contributed by atoms with E-state index in [1.807, 2.05) is 18.2 Å². The van der Waals surface area contributed by atoms with Crippen LogP contribution in [0.15, 0.2) is 60.8 Å². The van der Waals surface area contributed by atoms with Gasteiger partial charge >= 0.3 is 0 Å². The van der Waals surface area contributed by atoms with E-state index in [0.29, 0.717) is 17.4 Å². The number of rotatable bonds is 3. The standard InChI is InChI=1S/C16H14ClN3/c17-15-10-19-20(16(15)18)11-12-6-8-14(9-7-12)13-4-2-1-3-5-13/h1-10H,11,18H2. The summed E-state index contributed by atoms with van der Waals surface area (Å²) in [6, 6.07) is 18.7. The molecule has 0 amide bonds. The highest BCUT2D eigenvalue weighted by Crippen LogP contribution is 2.21. The molecular formula is C16H14ClN3. The lowest BCUT2D eigenvalue weighted by atomic mass is 10.0. The first-order valence-electron chi connectivity index (χ1n) is 6.35. The lowest BCUT2D eigenvalue weighted by Gasteiger charge is -2.06. The van der Waals surface area contributed by atoms with Crippen LogP contribution in [0, 0.1) is 0 Å². The highest BCUT2D eigenvalue weighted by atomic mass is 35.5. The molecule has 0 fully saturated rings. The van der Waals surface area contributed by atoms with E-state index in [-0.39, 0.29) is 0 Å². The van der Waals surface area contributed by atoms with E-state index in [4.69, 9.17) is 17.3 Å². The Kier molecular flexibility index (Phi) is 3.44. The average Bonchev–Trinajstić information content (AvgIpc) is 2.81. The molecule has 0 unspecified atom stereocenters. The van der Waals surface area contributed by atoms with E-state index in [0.717, 1.165) is 5.56 Å². The number of hydrogen-bond acceptors (Lipinski definition) is 2. The topological polar surface area (TPSA) is 43.8 Å². The van der Waals surface area contributed by atoms with Crippen molar-refractivity contribution in [1.29, 1.82) is 0 Å². The normalized spacial score (nSPS) is 10.7. The van der Waals surface area contributed by atoms with Crippen molar-refractivity contribution in [2.24, 2.45) is 0 Å². The maximum atomic E-state index is 5.89. The summed E-state index contributed by atoms with van der Waals surface area (Å²) in [5, 5.41) is 4.64. The third-order valence-corrected chi connectivity index (χ3v) is 3.52. The van der Waals surface area contributed by atoms with Gasteiger partial charge in [0.1, 0.15) is 10.8 Å². The molecule has 3 nitrogen and oxygen atoms in total. The second-order valence-corrected chi connectivity index (χ2v) is 5.01. The molecule has 0 radical (unpaired) electrons. The van der Waals surface area contributed by atoms with Gasteiger partial charge in [-0.2, -0.15) is 5.10 Å². The second kappa shape index (κ2) is 5.39. The van der Waals surface area contributed by atoms with Crippen molar-refractivity contribution in [2.45, 2.75) is 6.54 Å². The fourth-order valence-corrected chi connectivity index (χ4v) is 2.25. The molecule has 20 heavy (non-hydrogen) atoms. The summed E-state index contributed by atoms with van der Waals surface area (Å²) in [6.07, 6.45) is 1.56. The molecular weight excluding hydrogens is 270 g/mol. The molecule has 0 aliphatic heterocycles. The van der Waals surface area contributed by atoms with Crippen molar-refractivity contribution in [3.05, 3.63) is 71.4 Å². The molecule has 1 heterocycles. The van der Waals surface area contributed by atoms with Gasteiger partial charge in [-0.05, 0) is 16.7 Å². The third kappa shape index (κ3) is 2.53. The number of nitrogens with zero attached hydrogens (tertiary/aromatic N) is 2. The fraction of sp³-hybridized carbons (Fsp3) is 0.0625. The van der Waals surface area contributed by atoms with Crippen LogP contribution in [0.1, 0.15) is 5.56 Å². The smallest absolute Gasteiger partial charge is 0.140 e. The van der Waals surface area contributed by atoms with E-state index in [1.165, 1.54) is 11.1 Å². The minimum Gasteiger partial charge on any atom is -0.383 e. The Morgan fingerprint density at radius 3 is 2.20 bits per heavy atom. The third-order valence-electron chi connectivity index (χ3n) is 3.23. The van der Waals surface area contributed by atoms with Gasteiger partial charge in [-0.15, -0.1) is 0 Å². The van der Waals surface area contributed by atoms with E-state index in [2.05, 4.69) is 41.5 Å². The Labute approximate surface area is 122 Å². The summed E-state index contributed by atoms with van der Waals surface area (Å²) in [7, 11) is 0. The monoisotopic (exact) mass is 283 g/mol. The SMILES string of the molecule is Nc1c(Cl)cnn1Cc1ccc(-c2ccccc2)cc1. The summed E-state index contributed by atoms with van der Waals surface area (Å²) in [4.78, 5) is 0. The van der Waals surface area contributed by atoms with Crippen LogP contribution in [0.5, 0.6) is 0 Å². The van der Waals surface area contributed by atoms with Crippen LogP contribution in [-0.2, 0) is 6.54 Å². The molecule has 0 saturated carbocycles. The van der Waals surface area contributed by atoms with Gasteiger partial charge in [-0.1, -0.05) is 66.2 Å². The average molecular weight is 284 g/mol. The molecule has 0 bridgehead atoms. The van der Waals surface area contributed by atoms with Gasteiger partial charge in [-0.3, -0.25) is 0 Å². The first kappa shape index (κ1) is 12.8. The molecule has 100 valence electrons. The van der Waals surface area contributed by atoms with Crippen molar-refractivity contribution in [1.82, 2.24) is 9.78 Å². The summed E-state index contributed by atoms with van der Waals surface area (Å²) in [5.41, 5.74) is 9.38. The number of nitrogen functional groups attached to an aromatic ring is 1. The molecule has 1 aromatic heterocycles. The molecule has 0 spiro atoms. The summed E-state index contributed by atoms with van der Waals surface area (Å²) in [6.45, 7) is 0.619. The van der Waals surface area contributed by atoms with Crippen molar-refractivity contribution < 1.29 is 0 Å². The van der Waals surface area contributed by atoms with Gasteiger partial charge in [-0.25, -0.2) is 4.68 Å². The second-order valence-electron chi connectivity index (χ2n) is 4.60. The highest BCUT2D eigenvalue weighted by Gasteiger charge is 2.05. The Balaban J connectivity index is 1.82. The van der Waals surface area contributed by atoms with E-state index in [9.17, 15) is 0 Å². The number of benzene rings is 2. The van der Waals surface area contributed by atoms with Gasteiger partial charge < -0.3 is 5.73 Å². The zero-order valence-electron chi connectivity index (χ0n) is 10.8. The van der Waals surface area contributed by atoms with Crippen LogP contribution in [0.4, 0.5) is 5.82 Å². The number of hydrogen-bond donors (Lipinski definition) is 1. The zero-order chi connectivity index (χ0) is 13.9. The lowest BCUT2D eigenvalue weighted by Crippen LogP contribution is -2.05. The highest BCUT2D eigenvalue weighted by molar-refractivity contribution is 6.32. The van der Waals surface area contributed by atoms with Crippen LogP contribution in [0.2, 0.25) is 5.02 Å². The minimum atomic E-state index is 0.492. The van der Waals surface area contributed by atoms with Crippen molar-refractivity contribution in [3.63, 3.8) is 0 Å². The summed E-state index contributed by atoms with van der Waals surface area (Å²) >= 11 is 5.89. The lowest BCUT2D eigenvalue weighted by molar-refractivity contribution is 0.697. The first-order chi connectivity index (χ1) is 9.74. The molecule has 3 aromatic rings. The number of nitrogens with two attached hydrogens (primary N) is 1. The van der Waals surface area contributed by atoms with Crippen LogP contribution in [0.3, 0.4) is 0 Å². The van der Waals surface area contributed by atoms with Crippen molar-refractivity contribution in [3.8, 4) is 11.1 Å². The maximum Gasteiger partial charge on any atom is 0.140 e. The number of anilines is 1. The predicted molar refractivity (Wildman–Crippen MR) is 82.6 cm³/mol. The van der Waals surface area contributed by atoms with E-state index in [1.54, 1.807) is 10.9 Å². The van der Waals surface area contributed by atoms with Crippen molar-refractivity contribution in [2.75, 3.05) is 5.73 Å². The summed E-state index contributed by atoms with van der Waals surface area (Å²) < 4.78 is 1.69. The molecule has 4 heteroatoms. The Morgan fingerprint density at radius 2 is 1.60 bits per heavy atom. The zero-order valence-corrected chi connectivity index (χ0v) is 11.6. The van der Waals surface area contributed by atoms with Gasteiger partial charge in [0.25, 0.3) is 0 Å². The van der Waals surface area contributed by atoms with E-state index >= 15 is 0 Å². The van der Waals surface area contributed by atoms with Crippen LogP contribution in [-0.4, -0.2) is 9.78 Å². The quantitative estimate of drug-likeness (QED) is 0.794. The molecule has 0 aliphatic carbocycles. The molecule has 0 atom stereocenters. The molecule has 0 saturated heterocycles. The van der Waals surface area contributed by atoms with Crippen molar-refractivity contribution >= 4 is 17.4 Å². The molecule has 2 aromatic carbocycles. The van der Waals surface area contributed by atoms with Crippen LogP contribution in [0.25, 0.3) is 11.1 Å². The predicted octanol–water partition coefficient (Wildman–Crippen LogP) is 3.83. The molecule has 2 N–H and O–H groups in total. The largest absolute Gasteiger partial charge is 0.383 e. The van der Waals surface area contributed by atoms with Gasteiger partial charge in [0.2, 0.25) is 0 Å². The number of aromatic nitrogens is 2. The summed E-state index contributed by atoms with van der Waals surface area (Å²) in [5.74, 6) is 0.499. The first-order valence-corrected chi connectivity index (χ1v) is 6.73. The van der Waals surface area contributed by atoms with Gasteiger partial charge in [0, 0.05) is 0 Å². The molecule has 3 rings (SSSR count). The minimum absolute atomic E-state index is 0.492. The van der Waals surface area contributed by atoms with Crippen LogP contribution < -0.4 is 5.73 Å². The van der Waals surface area contributed by atoms with Crippen LogP contribution >= 0.6 is 11.6 Å². The fourth-order valence-electron chi connectivity index (χ4n) is 2.10.